The lowest BCUT2D eigenvalue weighted by molar-refractivity contribution is -0.135. The van der Waals surface area contributed by atoms with Crippen molar-refractivity contribution < 1.29 is 19.1 Å². The molecule has 1 aromatic rings. The van der Waals surface area contributed by atoms with Crippen molar-refractivity contribution >= 4 is 29.3 Å². The fourth-order valence-electron chi connectivity index (χ4n) is 2.48. The molecule has 1 fully saturated rings. The molecule has 2 aliphatic heterocycles. The van der Waals surface area contributed by atoms with Gasteiger partial charge in [-0.15, -0.1) is 0 Å². The first kappa shape index (κ1) is 14.0. The number of carbonyl (C=O) groups excluding carboxylic acids is 3. The number of hydrogen-bond acceptors (Lipinski definition) is 4. The van der Waals surface area contributed by atoms with Gasteiger partial charge in [-0.1, -0.05) is 17.7 Å². The van der Waals surface area contributed by atoms with E-state index in [1.54, 1.807) is 23.1 Å². The van der Waals surface area contributed by atoms with Gasteiger partial charge in [0.2, 0.25) is 5.91 Å². The van der Waals surface area contributed by atoms with Crippen LogP contribution in [0.15, 0.2) is 18.2 Å². The van der Waals surface area contributed by atoms with E-state index in [1.165, 1.54) is 0 Å². The Morgan fingerprint density at radius 3 is 2.57 bits per heavy atom. The third-order valence-corrected chi connectivity index (χ3v) is 3.92. The molecule has 21 heavy (non-hydrogen) atoms. The van der Waals surface area contributed by atoms with E-state index in [1.807, 2.05) is 0 Å². The van der Waals surface area contributed by atoms with E-state index in [0.29, 0.717) is 26.3 Å². The molecule has 110 valence electrons. The standard InChI is InChI=1S/C14H13ClN2O4/c15-10-3-1-2-9-12(10)14(20)17(13(9)19)8-11(18)16-4-6-21-7-5-16/h1-3H,4-8H2. The van der Waals surface area contributed by atoms with Gasteiger partial charge in [0.1, 0.15) is 6.54 Å². The zero-order chi connectivity index (χ0) is 15.0. The first-order valence-electron chi connectivity index (χ1n) is 6.60. The number of fused-ring (bicyclic) bond motifs is 1. The Balaban J connectivity index is 1.79. The molecule has 3 amide bonds. The molecule has 0 bridgehead atoms. The van der Waals surface area contributed by atoms with Gasteiger partial charge in [-0.2, -0.15) is 0 Å². The maximum Gasteiger partial charge on any atom is 0.263 e. The third-order valence-electron chi connectivity index (χ3n) is 3.61. The van der Waals surface area contributed by atoms with E-state index in [4.69, 9.17) is 16.3 Å². The quantitative estimate of drug-likeness (QED) is 0.758. The van der Waals surface area contributed by atoms with Crippen LogP contribution in [-0.2, 0) is 9.53 Å². The number of morpholine rings is 1. The summed E-state index contributed by atoms with van der Waals surface area (Å²) in [7, 11) is 0. The number of amides is 3. The summed E-state index contributed by atoms with van der Waals surface area (Å²) < 4.78 is 5.17. The number of halogens is 1. The van der Waals surface area contributed by atoms with Crippen molar-refractivity contribution in [1.29, 1.82) is 0 Å². The van der Waals surface area contributed by atoms with Crippen molar-refractivity contribution in [1.82, 2.24) is 9.80 Å². The first-order valence-corrected chi connectivity index (χ1v) is 6.97. The lowest BCUT2D eigenvalue weighted by atomic mass is 10.1. The molecule has 0 aromatic heterocycles. The van der Waals surface area contributed by atoms with Crippen molar-refractivity contribution in [2.45, 2.75) is 0 Å². The van der Waals surface area contributed by atoms with Gasteiger partial charge in [0.25, 0.3) is 11.8 Å². The zero-order valence-electron chi connectivity index (χ0n) is 11.2. The van der Waals surface area contributed by atoms with Gasteiger partial charge in [-0.3, -0.25) is 19.3 Å². The van der Waals surface area contributed by atoms with Gasteiger partial charge in [0, 0.05) is 13.1 Å². The fraction of sp³-hybridized carbons (Fsp3) is 0.357. The number of rotatable bonds is 2. The van der Waals surface area contributed by atoms with Crippen molar-refractivity contribution in [3.8, 4) is 0 Å². The van der Waals surface area contributed by atoms with E-state index >= 15 is 0 Å². The lowest BCUT2D eigenvalue weighted by Crippen LogP contribution is -2.47. The summed E-state index contributed by atoms with van der Waals surface area (Å²) in [5.74, 6) is -1.25. The molecule has 1 saturated heterocycles. The van der Waals surface area contributed by atoms with Crippen molar-refractivity contribution in [2.75, 3.05) is 32.8 Å². The topological polar surface area (TPSA) is 66.9 Å². The summed E-state index contributed by atoms with van der Waals surface area (Å²) in [4.78, 5) is 39.2. The average molecular weight is 309 g/mol. The van der Waals surface area contributed by atoms with Gasteiger partial charge >= 0.3 is 0 Å². The number of imide groups is 1. The summed E-state index contributed by atoms with van der Waals surface area (Å²) >= 11 is 5.97. The van der Waals surface area contributed by atoms with Crippen LogP contribution < -0.4 is 0 Å². The smallest absolute Gasteiger partial charge is 0.263 e. The van der Waals surface area contributed by atoms with Crippen LogP contribution in [0.4, 0.5) is 0 Å². The van der Waals surface area contributed by atoms with Crippen LogP contribution in [0.5, 0.6) is 0 Å². The molecule has 0 atom stereocenters. The highest BCUT2D eigenvalue weighted by Gasteiger charge is 2.38. The summed E-state index contributed by atoms with van der Waals surface area (Å²) in [6, 6.07) is 4.71. The molecule has 1 aromatic carbocycles. The summed E-state index contributed by atoms with van der Waals surface area (Å²) in [5, 5.41) is 0.229. The van der Waals surface area contributed by atoms with Gasteiger partial charge < -0.3 is 9.64 Å². The minimum Gasteiger partial charge on any atom is -0.378 e. The predicted octanol–water partition coefficient (Wildman–Crippen LogP) is 0.795. The normalized spacial score (nSPS) is 18.1. The average Bonchev–Trinajstić information content (AvgIpc) is 2.74. The molecule has 0 saturated carbocycles. The van der Waals surface area contributed by atoms with E-state index in [-0.39, 0.29) is 28.6 Å². The number of carbonyl (C=O) groups is 3. The Labute approximate surface area is 126 Å². The van der Waals surface area contributed by atoms with Crippen LogP contribution >= 0.6 is 11.6 Å². The molecule has 2 heterocycles. The van der Waals surface area contributed by atoms with E-state index in [2.05, 4.69) is 0 Å². The number of ether oxygens (including phenoxy) is 1. The predicted molar refractivity (Wildman–Crippen MR) is 74.2 cm³/mol. The molecule has 0 aliphatic carbocycles. The van der Waals surface area contributed by atoms with Crippen LogP contribution in [0.3, 0.4) is 0 Å². The van der Waals surface area contributed by atoms with Gasteiger partial charge in [-0.25, -0.2) is 0 Å². The van der Waals surface area contributed by atoms with E-state index < -0.39 is 11.8 Å². The molecule has 6 nitrogen and oxygen atoms in total. The second kappa shape index (κ2) is 5.46. The third kappa shape index (κ3) is 2.41. The second-order valence-electron chi connectivity index (χ2n) is 4.85. The maximum atomic E-state index is 12.3. The van der Waals surface area contributed by atoms with Crippen LogP contribution in [0.25, 0.3) is 0 Å². The molecule has 0 radical (unpaired) electrons. The van der Waals surface area contributed by atoms with Crippen molar-refractivity contribution in [3.05, 3.63) is 34.3 Å². The number of benzene rings is 1. The van der Waals surface area contributed by atoms with Crippen molar-refractivity contribution in [3.63, 3.8) is 0 Å². The Kier molecular flexibility index (Phi) is 3.65. The molecule has 0 N–H and O–H groups in total. The zero-order valence-corrected chi connectivity index (χ0v) is 11.9. The highest BCUT2D eigenvalue weighted by atomic mass is 35.5. The first-order chi connectivity index (χ1) is 10.1. The maximum absolute atomic E-state index is 12.3. The van der Waals surface area contributed by atoms with Gasteiger partial charge in [0.15, 0.2) is 0 Å². The van der Waals surface area contributed by atoms with Crippen LogP contribution in [0.2, 0.25) is 5.02 Å². The molecule has 0 unspecified atom stereocenters. The number of hydrogen-bond donors (Lipinski definition) is 0. The Hall–Kier alpha value is -1.92. The summed E-state index contributed by atoms with van der Waals surface area (Å²) in [5.41, 5.74) is 0.432. The van der Waals surface area contributed by atoms with Crippen molar-refractivity contribution in [2.24, 2.45) is 0 Å². The lowest BCUT2D eigenvalue weighted by Gasteiger charge is -2.28. The van der Waals surface area contributed by atoms with Crippen LogP contribution in [-0.4, -0.2) is 60.4 Å². The monoisotopic (exact) mass is 308 g/mol. The molecule has 7 heteroatoms. The summed E-state index contributed by atoms with van der Waals surface area (Å²) in [6.45, 7) is 1.63. The summed E-state index contributed by atoms with van der Waals surface area (Å²) in [6.07, 6.45) is 0. The van der Waals surface area contributed by atoms with Gasteiger partial charge in [-0.05, 0) is 12.1 Å². The minimum absolute atomic E-state index is 0.180. The largest absolute Gasteiger partial charge is 0.378 e. The fourth-order valence-corrected chi connectivity index (χ4v) is 2.74. The van der Waals surface area contributed by atoms with E-state index in [9.17, 15) is 14.4 Å². The van der Waals surface area contributed by atoms with Crippen LogP contribution in [0.1, 0.15) is 20.7 Å². The van der Waals surface area contributed by atoms with E-state index in [0.717, 1.165) is 4.90 Å². The molecule has 2 aliphatic rings. The Morgan fingerprint density at radius 2 is 1.90 bits per heavy atom. The number of nitrogens with zero attached hydrogens (tertiary/aromatic N) is 2. The molecule has 0 spiro atoms. The molecular weight excluding hydrogens is 296 g/mol. The second-order valence-corrected chi connectivity index (χ2v) is 5.26. The van der Waals surface area contributed by atoms with Crippen LogP contribution in [0, 0.1) is 0 Å². The SMILES string of the molecule is O=C(CN1C(=O)c2cccc(Cl)c2C1=O)N1CCOCC1. The molecular formula is C14H13ClN2O4. The Morgan fingerprint density at radius 1 is 1.19 bits per heavy atom. The van der Waals surface area contributed by atoms with Gasteiger partial charge in [0.05, 0.1) is 29.4 Å². The highest BCUT2D eigenvalue weighted by molar-refractivity contribution is 6.37. The minimum atomic E-state index is -0.512. The Bertz CT molecular complexity index is 625. The molecule has 3 rings (SSSR count). The highest BCUT2D eigenvalue weighted by Crippen LogP contribution is 2.28.